The Balaban J connectivity index is 3.17. The van der Waals surface area contributed by atoms with Crippen molar-refractivity contribution >= 4 is 17.6 Å². The Bertz CT molecular complexity index is 493. The number of anilines is 1. The molecule has 100 valence electrons. The number of carbonyl (C=O) groups is 2. The average molecular weight is 265 g/mol. The molecule has 0 atom stereocenters. The Hall–Kier alpha value is -2.06. The summed E-state index contributed by atoms with van der Waals surface area (Å²) in [6.07, 6.45) is -5.05. The highest BCUT2D eigenvalue weighted by Crippen LogP contribution is 2.24. The number of carbonyl (C=O) groups excluding carboxylic acids is 2. The van der Waals surface area contributed by atoms with Crippen LogP contribution in [0.4, 0.5) is 18.9 Å². The number of hydrogen-bond acceptors (Lipinski definition) is 4. The second kappa shape index (κ2) is 4.67. The molecule has 1 aromatic heterocycles. The number of aryl methyl sites for hydroxylation is 2. The Morgan fingerprint density at radius 1 is 1.39 bits per heavy atom. The normalized spacial score (nSPS) is 11.2. The number of esters is 1. The number of ether oxygens (including phenoxy) is 1. The van der Waals surface area contributed by atoms with Gasteiger partial charge in [0.1, 0.15) is 0 Å². The Morgan fingerprint density at radius 3 is 2.39 bits per heavy atom. The van der Waals surface area contributed by atoms with E-state index < -0.39 is 18.1 Å². The third-order valence-electron chi connectivity index (χ3n) is 2.10. The Labute approximate surface area is 99.7 Å². The van der Waals surface area contributed by atoms with Crippen LogP contribution in [-0.2, 0) is 16.6 Å². The van der Waals surface area contributed by atoms with Gasteiger partial charge in [-0.25, -0.2) is 4.79 Å². The summed E-state index contributed by atoms with van der Waals surface area (Å²) in [5.41, 5.74) is -0.491. The van der Waals surface area contributed by atoms with Crippen LogP contribution in [0.2, 0.25) is 0 Å². The van der Waals surface area contributed by atoms with Gasteiger partial charge in [0.05, 0.1) is 18.5 Å². The maximum atomic E-state index is 12.1. The molecule has 0 aromatic carbocycles. The van der Waals surface area contributed by atoms with E-state index in [1.165, 1.54) is 14.0 Å². The molecule has 0 aliphatic heterocycles. The molecule has 1 rings (SSSR count). The lowest BCUT2D eigenvalue weighted by Gasteiger charge is -2.08. The van der Waals surface area contributed by atoms with Crippen molar-refractivity contribution in [3.05, 3.63) is 11.4 Å². The summed E-state index contributed by atoms with van der Waals surface area (Å²) in [6, 6.07) is 0. The number of hydrogen-bond donors (Lipinski definition) is 1. The minimum absolute atomic E-state index is 0.0792. The largest absolute Gasteiger partial charge is 0.471 e. The van der Waals surface area contributed by atoms with E-state index >= 15 is 0 Å². The van der Waals surface area contributed by atoms with E-state index in [1.807, 2.05) is 0 Å². The summed E-state index contributed by atoms with van der Waals surface area (Å²) in [7, 11) is 2.42. The standard InChI is InChI=1S/C9H10F3N3O3/c1-4-5(13-8(17)9(10,11)12)6(7(16)18-3)15(2)14-4/h1-3H3,(H,13,17). The number of nitrogens with zero attached hydrogens (tertiary/aromatic N) is 2. The van der Waals surface area contributed by atoms with Crippen LogP contribution >= 0.6 is 0 Å². The highest BCUT2D eigenvalue weighted by Gasteiger charge is 2.40. The van der Waals surface area contributed by atoms with Crippen LogP contribution < -0.4 is 5.32 Å². The van der Waals surface area contributed by atoms with Crippen molar-refractivity contribution in [1.29, 1.82) is 0 Å². The van der Waals surface area contributed by atoms with Crippen LogP contribution in [0, 0.1) is 6.92 Å². The molecule has 0 bridgehead atoms. The summed E-state index contributed by atoms with van der Waals surface area (Å²) in [6.45, 7) is 1.36. The van der Waals surface area contributed by atoms with Crippen molar-refractivity contribution in [3.8, 4) is 0 Å². The quantitative estimate of drug-likeness (QED) is 0.810. The molecule has 6 nitrogen and oxygen atoms in total. The summed E-state index contributed by atoms with van der Waals surface area (Å²) in [4.78, 5) is 22.2. The lowest BCUT2D eigenvalue weighted by atomic mass is 10.3. The van der Waals surface area contributed by atoms with Crippen LogP contribution in [0.25, 0.3) is 0 Å². The van der Waals surface area contributed by atoms with Gasteiger partial charge in [0.2, 0.25) is 0 Å². The molecule has 9 heteroatoms. The molecule has 0 radical (unpaired) electrons. The fraction of sp³-hybridized carbons (Fsp3) is 0.444. The summed E-state index contributed by atoms with van der Waals surface area (Å²) < 4.78 is 41.8. The van der Waals surface area contributed by atoms with Gasteiger partial charge >= 0.3 is 18.1 Å². The number of amides is 1. The predicted molar refractivity (Wildman–Crippen MR) is 54.0 cm³/mol. The number of methoxy groups -OCH3 is 1. The van der Waals surface area contributed by atoms with Crippen LogP contribution in [0.3, 0.4) is 0 Å². The second-order valence-corrected chi connectivity index (χ2v) is 3.38. The first-order valence-electron chi connectivity index (χ1n) is 4.68. The van der Waals surface area contributed by atoms with Gasteiger partial charge in [-0.05, 0) is 6.92 Å². The van der Waals surface area contributed by atoms with Crippen molar-refractivity contribution in [3.63, 3.8) is 0 Å². The fourth-order valence-corrected chi connectivity index (χ4v) is 1.32. The van der Waals surface area contributed by atoms with E-state index in [4.69, 9.17) is 0 Å². The molecule has 0 saturated heterocycles. The van der Waals surface area contributed by atoms with Gasteiger partial charge in [-0.2, -0.15) is 18.3 Å². The summed E-state index contributed by atoms with van der Waals surface area (Å²) in [5.74, 6) is -3.07. The second-order valence-electron chi connectivity index (χ2n) is 3.38. The van der Waals surface area contributed by atoms with Crippen molar-refractivity contribution in [2.45, 2.75) is 13.1 Å². The lowest BCUT2D eigenvalue weighted by Crippen LogP contribution is -2.30. The Kier molecular flexibility index (Phi) is 3.63. The van der Waals surface area contributed by atoms with Crippen molar-refractivity contribution in [2.24, 2.45) is 7.05 Å². The van der Waals surface area contributed by atoms with Gasteiger partial charge in [0.15, 0.2) is 5.69 Å². The lowest BCUT2D eigenvalue weighted by molar-refractivity contribution is -0.167. The summed E-state index contributed by atoms with van der Waals surface area (Å²) >= 11 is 0. The monoisotopic (exact) mass is 265 g/mol. The first-order valence-corrected chi connectivity index (χ1v) is 4.68. The van der Waals surface area contributed by atoms with Crippen LogP contribution in [0.1, 0.15) is 16.2 Å². The molecule has 18 heavy (non-hydrogen) atoms. The first-order chi connectivity index (χ1) is 8.18. The van der Waals surface area contributed by atoms with E-state index in [2.05, 4.69) is 9.84 Å². The molecule has 0 spiro atoms. The Morgan fingerprint density at radius 2 is 1.94 bits per heavy atom. The van der Waals surface area contributed by atoms with Crippen molar-refractivity contribution in [2.75, 3.05) is 12.4 Å². The molecule has 0 saturated carbocycles. The van der Waals surface area contributed by atoms with Crippen LogP contribution in [0.5, 0.6) is 0 Å². The molecule has 0 aliphatic carbocycles. The zero-order chi connectivity index (χ0) is 14.1. The fourth-order valence-electron chi connectivity index (χ4n) is 1.32. The first kappa shape index (κ1) is 14.0. The molecule has 1 aromatic rings. The molecule has 0 fully saturated rings. The minimum Gasteiger partial charge on any atom is -0.464 e. The van der Waals surface area contributed by atoms with E-state index in [-0.39, 0.29) is 17.1 Å². The number of nitrogens with one attached hydrogen (secondary N) is 1. The van der Waals surface area contributed by atoms with E-state index in [1.54, 1.807) is 5.32 Å². The van der Waals surface area contributed by atoms with Gasteiger partial charge in [-0.3, -0.25) is 9.48 Å². The molecule has 0 unspecified atom stereocenters. The zero-order valence-electron chi connectivity index (χ0n) is 9.75. The summed E-state index contributed by atoms with van der Waals surface area (Å²) in [5, 5.41) is 5.36. The van der Waals surface area contributed by atoms with Crippen LogP contribution in [0.15, 0.2) is 0 Å². The SMILES string of the molecule is COC(=O)c1c(NC(=O)C(F)(F)F)c(C)nn1C. The highest BCUT2D eigenvalue weighted by molar-refractivity contribution is 6.02. The molecule has 0 aliphatic rings. The third kappa shape index (κ3) is 2.60. The van der Waals surface area contributed by atoms with E-state index in [0.717, 1.165) is 11.8 Å². The van der Waals surface area contributed by atoms with Crippen molar-refractivity contribution < 1.29 is 27.5 Å². The number of rotatable bonds is 2. The topological polar surface area (TPSA) is 73.2 Å². The number of aromatic nitrogens is 2. The van der Waals surface area contributed by atoms with E-state index in [9.17, 15) is 22.8 Å². The zero-order valence-corrected chi connectivity index (χ0v) is 9.75. The van der Waals surface area contributed by atoms with Crippen molar-refractivity contribution in [1.82, 2.24) is 9.78 Å². The van der Waals surface area contributed by atoms with Gasteiger partial charge in [-0.1, -0.05) is 0 Å². The van der Waals surface area contributed by atoms with Crippen LogP contribution in [-0.4, -0.2) is 34.9 Å². The average Bonchev–Trinajstić information content (AvgIpc) is 2.51. The maximum Gasteiger partial charge on any atom is 0.471 e. The molecule has 1 N–H and O–H groups in total. The number of halogens is 3. The molecule has 1 heterocycles. The smallest absolute Gasteiger partial charge is 0.464 e. The van der Waals surface area contributed by atoms with Gasteiger partial charge in [0, 0.05) is 7.05 Å². The molecule has 1 amide bonds. The highest BCUT2D eigenvalue weighted by atomic mass is 19.4. The molecular formula is C9H10F3N3O3. The maximum absolute atomic E-state index is 12.1. The molecular weight excluding hydrogens is 255 g/mol. The third-order valence-corrected chi connectivity index (χ3v) is 2.10. The predicted octanol–water partition coefficient (Wildman–Crippen LogP) is 1.02. The minimum atomic E-state index is -5.05. The van der Waals surface area contributed by atoms with Gasteiger partial charge < -0.3 is 10.1 Å². The number of alkyl halides is 3. The van der Waals surface area contributed by atoms with E-state index in [0.29, 0.717) is 0 Å². The van der Waals surface area contributed by atoms with Gasteiger partial charge in [0.25, 0.3) is 0 Å². The van der Waals surface area contributed by atoms with Gasteiger partial charge in [-0.15, -0.1) is 0 Å².